The number of nitrogens with zero attached hydrogens (tertiary/aromatic N) is 2. The molecule has 0 aliphatic heterocycles. The van der Waals surface area contributed by atoms with Gasteiger partial charge in [-0.05, 0) is 19.1 Å². The van der Waals surface area contributed by atoms with E-state index in [4.69, 9.17) is 19.9 Å². The van der Waals surface area contributed by atoms with Gasteiger partial charge in [-0.2, -0.15) is 0 Å². The van der Waals surface area contributed by atoms with Gasteiger partial charge in [-0.15, -0.1) is 0 Å². The molecule has 3 N–H and O–H groups in total. The predicted octanol–water partition coefficient (Wildman–Crippen LogP) is 1.42. The molecule has 0 unspecified atom stereocenters. The van der Waals surface area contributed by atoms with E-state index >= 15 is 0 Å². The van der Waals surface area contributed by atoms with Crippen LogP contribution in [0.2, 0.25) is 0 Å². The van der Waals surface area contributed by atoms with Crippen molar-refractivity contribution in [2.45, 2.75) is 6.92 Å². The Kier molecular flexibility index (Phi) is 5.08. The molecule has 1 aromatic heterocycles. The molecule has 0 spiro atoms. The summed E-state index contributed by atoms with van der Waals surface area (Å²) in [5, 5.41) is 2.58. The number of carbonyl (C=O) groups excluding carboxylic acids is 1. The summed E-state index contributed by atoms with van der Waals surface area (Å²) in [6, 6.07) is 3.41. The quantitative estimate of drug-likeness (QED) is 0.852. The highest BCUT2D eigenvalue weighted by Gasteiger charge is 2.22. The number of ether oxygens (including phenoxy) is 3. The zero-order chi connectivity index (χ0) is 17.9. The Labute approximate surface area is 140 Å². The zero-order valence-corrected chi connectivity index (χ0v) is 14.3. The average Bonchev–Trinajstić information content (AvgIpc) is 2.58. The monoisotopic (exact) mass is 332 g/mol. The Hall–Kier alpha value is -3.03. The van der Waals surface area contributed by atoms with Gasteiger partial charge in [0.25, 0.3) is 5.91 Å². The Morgan fingerprint density at radius 2 is 1.67 bits per heavy atom. The number of carbonyl (C=O) groups is 1. The lowest BCUT2D eigenvalue weighted by atomic mass is 10.0. The van der Waals surface area contributed by atoms with Crippen molar-refractivity contribution < 1.29 is 19.0 Å². The van der Waals surface area contributed by atoms with E-state index < -0.39 is 0 Å². The van der Waals surface area contributed by atoms with Gasteiger partial charge in [-0.25, -0.2) is 9.97 Å². The Balaban J connectivity index is 2.79. The number of hydrogen-bond acceptors (Lipinski definition) is 7. The topological polar surface area (TPSA) is 109 Å². The molecular formula is C16H20N4O4. The largest absolute Gasteiger partial charge is 0.493 e. The molecule has 1 aromatic carbocycles. The minimum Gasteiger partial charge on any atom is -0.493 e. The van der Waals surface area contributed by atoms with Crippen molar-refractivity contribution in [2.75, 3.05) is 34.1 Å². The van der Waals surface area contributed by atoms with E-state index in [0.29, 0.717) is 39.8 Å². The molecule has 2 rings (SSSR count). The van der Waals surface area contributed by atoms with Crippen LogP contribution in [0.1, 0.15) is 16.1 Å². The van der Waals surface area contributed by atoms with Crippen LogP contribution in [0.25, 0.3) is 11.3 Å². The van der Waals surface area contributed by atoms with Gasteiger partial charge < -0.3 is 25.3 Å². The molecule has 0 fully saturated rings. The molecule has 24 heavy (non-hydrogen) atoms. The highest BCUT2D eigenvalue weighted by molar-refractivity contribution is 6.01. The minimum absolute atomic E-state index is 0.0731. The fraction of sp³-hybridized carbons (Fsp3) is 0.312. The summed E-state index contributed by atoms with van der Waals surface area (Å²) in [7, 11) is 6.08. The number of amides is 1. The van der Waals surface area contributed by atoms with Gasteiger partial charge in [-0.3, -0.25) is 4.79 Å². The van der Waals surface area contributed by atoms with Gasteiger partial charge in [0.1, 0.15) is 0 Å². The number of aryl methyl sites for hydroxylation is 1. The molecule has 0 aliphatic rings. The molecule has 2 aromatic rings. The molecule has 128 valence electrons. The fourth-order valence-electron chi connectivity index (χ4n) is 2.42. The molecular weight excluding hydrogens is 312 g/mol. The van der Waals surface area contributed by atoms with Gasteiger partial charge in [0.2, 0.25) is 11.7 Å². The molecule has 1 heterocycles. The predicted molar refractivity (Wildman–Crippen MR) is 89.7 cm³/mol. The van der Waals surface area contributed by atoms with E-state index in [2.05, 4.69) is 15.3 Å². The second-order valence-corrected chi connectivity index (χ2v) is 4.88. The molecule has 0 aliphatic carbocycles. The third-order valence-electron chi connectivity index (χ3n) is 3.50. The SMILES string of the molecule is CNC(=O)c1c(C)nc(N)nc1-c1cc(OC)c(OC)c(OC)c1. The second kappa shape index (κ2) is 7.03. The van der Waals surface area contributed by atoms with Gasteiger partial charge in [0, 0.05) is 12.6 Å². The van der Waals surface area contributed by atoms with Crippen LogP contribution in [0.4, 0.5) is 5.95 Å². The van der Waals surface area contributed by atoms with Crippen LogP contribution in [0.3, 0.4) is 0 Å². The standard InChI is InChI=1S/C16H20N4O4/c1-8-12(15(21)18-2)13(20-16(17)19-8)9-6-10(22-3)14(24-5)11(7-9)23-4/h6-7H,1-5H3,(H,18,21)(H2,17,19,20). The molecule has 0 saturated heterocycles. The Morgan fingerprint density at radius 1 is 1.08 bits per heavy atom. The number of benzene rings is 1. The number of nitrogens with one attached hydrogen (secondary N) is 1. The normalized spacial score (nSPS) is 10.2. The van der Waals surface area contributed by atoms with E-state index in [1.54, 1.807) is 19.1 Å². The van der Waals surface area contributed by atoms with Crippen molar-refractivity contribution >= 4 is 11.9 Å². The van der Waals surface area contributed by atoms with Crippen molar-refractivity contribution in [1.29, 1.82) is 0 Å². The minimum atomic E-state index is -0.309. The van der Waals surface area contributed by atoms with Crippen LogP contribution in [0.15, 0.2) is 12.1 Å². The second-order valence-electron chi connectivity index (χ2n) is 4.88. The number of rotatable bonds is 5. The van der Waals surface area contributed by atoms with Gasteiger partial charge in [0.15, 0.2) is 11.5 Å². The van der Waals surface area contributed by atoms with E-state index in [-0.39, 0.29) is 11.9 Å². The molecule has 8 heteroatoms. The maximum absolute atomic E-state index is 12.3. The lowest BCUT2D eigenvalue weighted by Crippen LogP contribution is -2.22. The fourth-order valence-corrected chi connectivity index (χ4v) is 2.42. The molecule has 0 radical (unpaired) electrons. The van der Waals surface area contributed by atoms with Crippen molar-refractivity contribution in [2.24, 2.45) is 0 Å². The van der Waals surface area contributed by atoms with Crippen LogP contribution in [0.5, 0.6) is 17.2 Å². The lowest BCUT2D eigenvalue weighted by Gasteiger charge is -2.16. The first kappa shape index (κ1) is 17.3. The van der Waals surface area contributed by atoms with Crippen molar-refractivity contribution in [3.8, 4) is 28.5 Å². The number of aromatic nitrogens is 2. The summed E-state index contributed by atoms with van der Waals surface area (Å²) in [5.41, 5.74) is 7.56. The van der Waals surface area contributed by atoms with E-state index in [9.17, 15) is 4.79 Å². The van der Waals surface area contributed by atoms with Crippen molar-refractivity contribution in [1.82, 2.24) is 15.3 Å². The summed E-state index contributed by atoms with van der Waals surface area (Å²) in [4.78, 5) is 20.6. The first-order valence-corrected chi connectivity index (χ1v) is 7.13. The maximum Gasteiger partial charge on any atom is 0.255 e. The van der Waals surface area contributed by atoms with Crippen LogP contribution in [-0.4, -0.2) is 44.3 Å². The average molecular weight is 332 g/mol. The van der Waals surface area contributed by atoms with Crippen LogP contribution in [-0.2, 0) is 0 Å². The third kappa shape index (κ3) is 3.03. The highest BCUT2D eigenvalue weighted by atomic mass is 16.5. The van der Waals surface area contributed by atoms with Crippen molar-refractivity contribution in [3.05, 3.63) is 23.4 Å². The van der Waals surface area contributed by atoms with Gasteiger partial charge in [0.05, 0.1) is 38.3 Å². The lowest BCUT2D eigenvalue weighted by molar-refractivity contribution is 0.0962. The number of nitrogens with two attached hydrogens (primary N) is 1. The zero-order valence-electron chi connectivity index (χ0n) is 14.3. The molecule has 8 nitrogen and oxygen atoms in total. The van der Waals surface area contributed by atoms with Crippen LogP contribution < -0.4 is 25.3 Å². The summed E-state index contributed by atoms with van der Waals surface area (Å²) in [6.45, 7) is 1.70. The molecule has 0 bridgehead atoms. The molecule has 0 atom stereocenters. The number of nitrogen functional groups attached to an aromatic ring is 1. The van der Waals surface area contributed by atoms with Gasteiger partial charge >= 0.3 is 0 Å². The highest BCUT2D eigenvalue weighted by Crippen LogP contribution is 2.41. The first-order valence-electron chi connectivity index (χ1n) is 7.13. The van der Waals surface area contributed by atoms with E-state index in [1.807, 2.05) is 0 Å². The van der Waals surface area contributed by atoms with E-state index in [1.165, 1.54) is 28.4 Å². The summed E-state index contributed by atoms with van der Waals surface area (Å²) in [6.07, 6.45) is 0. The molecule has 0 saturated carbocycles. The first-order chi connectivity index (χ1) is 11.5. The molecule has 1 amide bonds. The Bertz CT molecular complexity index is 752. The maximum atomic E-state index is 12.3. The Morgan fingerprint density at radius 3 is 2.12 bits per heavy atom. The van der Waals surface area contributed by atoms with Crippen LogP contribution in [0, 0.1) is 6.92 Å². The van der Waals surface area contributed by atoms with E-state index in [0.717, 1.165) is 0 Å². The number of hydrogen-bond donors (Lipinski definition) is 2. The summed E-state index contributed by atoms with van der Waals surface area (Å²) in [5.74, 6) is 1.11. The summed E-state index contributed by atoms with van der Waals surface area (Å²) < 4.78 is 16.0. The van der Waals surface area contributed by atoms with Gasteiger partial charge in [-0.1, -0.05) is 0 Å². The number of anilines is 1. The smallest absolute Gasteiger partial charge is 0.255 e. The van der Waals surface area contributed by atoms with Crippen LogP contribution >= 0.6 is 0 Å². The number of methoxy groups -OCH3 is 3. The van der Waals surface area contributed by atoms with Crippen molar-refractivity contribution in [3.63, 3.8) is 0 Å². The summed E-state index contributed by atoms with van der Waals surface area (Å²) >= 11 is 0. The third-order valence-corrected chi connectivity index (χ3v) is 3.50.